The lowest BCUT2D eigenvalue weighted by Gasteiger charge is -2.19. The maximum absolute atomic E-state index is 12.0. The normalized spacial score (nSPS) is 11.8. The van der Waals surface area contributed by atoms with Crippen LogP contribution in [-0.4, -0.2) is 21.5 Å². The number of carbonyl (C=O) groups excluding carboxylic acids is 1. The maximum Gasteiger partial charge on any atom is 0.435 e. The van der Waals surface area contributed by atoms with Crippen LogP contribution in [0.4, 0.5) is 4.79 Å². The van der Waals surface area contributed by atoms with Crippen LogP contribution in [0.25, 0.3) is 10.9 Å². The molecule has 0 radical (unpaired) electrons. The van der Waals surface area contributed by atoms with Crippen molar-refractivity contribution in [1.29, 1.82) is 0 Å². The number of hydrogen-bond acceptors (Lipinski definition) is 3. The van der Waals surface area contributed by atoms with Gasteiger partial charge in [-0.2, -0.15) is 9.78 Å². The quantitative estimate of drug-likeness (QED) is 0.754. The minimum absolute atomic E-state index is 0.454. The van der Waals surface area contributed by atoms with Gasteiger partial charge in [0.15, 0.2) is 0 Å². The van der Waals surface area contributed by atoms with E-state index in [1.54, 1.807) is 6.20 Å². The first-order valence-corrected chi connectivity index (χ1v) is 6.79. The van der Waals surface area contributed by atoms with E-state index in [2.05, 4.69) is 21.0 Å². The number of benzene rings is 1. The van der Waals surface area contributed by atoms with Crippen LogP contribution >= 0.6 is 15.9 Å². The molecule has 0 amide bonds. The molecule has 96 valence electrons. The van der Waals surface area contributed by atoms with Crippen molar-refractivity contribution in [1.82, 2.24) is 9.78 Å². The summed E-state index contributed by atoms with van der Waals surface area (Å²) in [6.45, 7) is 5.50. The predicted molar refractivity (Wildman–Crippen MR) is 74.0 cm³/mol. The molecule has 0 atom stereocenters. The second kappa shape index (κ2) is 4.72. The van der Waals surface area contributed by atoms with E-state index in [9.17, 15) is 4.79 Å². The molecule has 0 unspecified atom stereocenters. The molecule has 0 aliphatic rings. The first kappa shape index (κ1) is 13.1. The van der Waals surface area contributed by atoms with Crippen molar-refractivity contribution in [2.24, 2.45) is 0 Å². The molecule has 1 aromatic carbocycles. The molecular weight excluding hydrogens is 296 g/mol. The molecule has 0 bridgehead atoms. The summed E-state index contributed by atoms with van der Waals surface area (Å²) in [6.07, 6.45) is 1.24. The third kappa shape index (κ3) is 2.56. The summed E-state index contributed by atoms with van der Waals surface area (Å²) >= 11 is 3.42. The molecule has 4 nitrogen and oxygen atoms in total. The van der Waals surface area contributed by atoms with Gasteiger partial charge in [0.05, 0.1) is 11.7 Å². The summed E-state index contributed by atoms with van der Waals surface area (Å²) in [4.78, 5) is 12.0. The van der Waals surface area contributed by atoms with E-state index in [1.165, 1.54) is 4.68 Å². The zero-order valence-corrected chi connectivity index (χ0v) is 12.2. The first-order valence-electron chi connectivity index (χ1n) is 5.67. The number of ether oxygens (including phenoxy) is 1. The number of nitrogens with zero attached hydrogens (tertiary/aromatic N) is 2. The van der Waals surface area contributed by atoms with E-state index < -0.39 is 11.7 Å². The summed E-state index contributed by atoms with van der Waals surface area (Å²) in [6, 6.07) is 5.76. The molecule has 0 saturated carbocycles. The largest absolute Gasteiger partial charge is 0.442 e. The Morgan fingerprint density at radius 1 is 1.44 bits per heavy atom. The van der Waals surface area contributed by atoms with Crippen LogP contribution in [0.5, 0.6) is 0 Å². The fourth-order valence-electron chi connectivity index (χ4n) is 1.68. The lowest BCUT2D eigenvalue weighted by Crippen LogP contribution is -2.27. The van der Waals surface area contributed by atoms with E-state index in [0.717, 1.165) is 21.8 Å². The molecule has 1 heterocycles. The van der Waals surface area contributed by atoms with E-state index in [4.69, 9.17) is 4.74 Å². The van der Waals surface area contributed by atoms with E-state index in [1.807, 2.05) is 39.0 Å². The van der Waals surface area contributed by atoms with Crippen molar-refractivity contribution in [2.75, 3.05) is 0 Å². The van der Waals surface area contributed by atoms with Crippen molar-refractivity contribution < 1.29 is 9.53 Å². The number of halogens is 1. The van der Waals surface area contributed by atoms with Gasteiger partial charge in [0.25, 0.3) is 0 Å². The zero-order chi connectivity index (χ0) is 13.3. The topological polar surface area (TPSA) is 44.1 Å². The standard InChI is InChI=1S/C13H15BrN2O2/c1-13(2,3)18-12(17)16-11-6-4-5-9(7-14)10(11)8-15-16/h4-6,8H,7H2,1-3H3. The smallest absolute Gasteiger partial charge is 0.435 e. The number of carbonyl (C=O) groups is 1. The highest BCUT2D eigenvalue weighted by atomic mass is 79.9. The molecular formula is C13H15BrN2O2. The van der Waals surface area contributed by atoms with Crippen LogP contribution in [0, 0.1) is 0 Å². The molecule has 5 heteroatoms. The van der Waals surface area contributed by atoms with Crippen LogP contribution in [0.15, 0.2) is 24.4 Å². The van der Waals surface area contributed by atoms with Crippen LogP contribution < -0.4 is 0 Å². The van der Waals surface area contributed by atoms with Crippen molar-refractivity contribution >= 4 is 32.9 Å². The van der Waals surface area contributed by atoms with Gasteiger partial charge in [-0.3, -0.25) is 0 Å². The molecule has 0 fully saturated rings. The van der Waals surface area contributed by atoms with E-state index in [-0.39, 0.29) is 0 Å². The average molecular weight is 311 g/mol. The highest BCUT2D eigenvalue weighted by molar-refractivity contribution is 9.08. The van der Waals surface area contributed by atoms with Crippen LogP contribution in [0.2, 0.25) is 0 Å². The molecule has 0 aliphatic carbocycles. The number of hydrogen-bond donors (Lipinski definition) is 0. The van der Waals surface area contributed by atoms with Gasteiger partial charge < -0.3 is 4.74 Å². The molecule has 2 rings (SSSR count). The number of aromatic nitrogens is 2. The molecule has 0 spiro atoms. The molecule has 0 saturated heterocycles. The lowest BCUT2D eigenvalue weighted by molar-refractivity contribution is 0.0523. The Labute approximate surface area is 114 Å². The van der Waals surface area contributed by atoms with Crippen LogP contribution in [0.3, 0.4) is 0 Å². The Balaban J connectivity index is 2.44. The SMILES string of the molecule is CC(C)(C)OC(=O)n1ncc2c(CBr)cccc21. The monoisotopic (exact) mass is 310 g/mol. The Morgan fingerprint density at radius 2 is 2.17 bits per heavy atom. The van der Waals surface area contributed by atoms with Crippen molar-refractivity contribution in [3.05, 3.63) is 30.0 Å². The molecule has 0 N–H and O–H groups in total. The first-order chi connectivity index (χ1) is 8.42. The van der Waals surface area contributed by atoms with Gasteiger partial charge in [-0.05, 0) is 32.4 Å². The predicted octanol–water partition coefficient (Wildman–Crippen LogP) is 3.71. The summed E-state index contributed by atoms with van der Waals surface area (Å²) in [5.74, 6) is 0. The van der Waals surface area contributed by atoms with Crippen LogP contribution in [0.1, 0.15) is 26.3 Å². The van der Waals surface area contributed by atoms with E-state index >= 15 is 0 Å². The van der Waals surface area contributed by atoms with Gasteiger partial charge in [0.1, 0.15) is 5.60 Å². The minimum atomic E-state index is -0.525. The Hall–Kier alpha value is -1.36. The van der Waals surface area contributed by atoms with Crippen molar-refractivity contribution in [3.8, 4) is 0 Å². The number of rotatable bonds is 1. The van der Waals surface area contributed by atoms with Crippen molar-refractivity contribution in [3.63, 3.8) is 0 Å². The van der Waals surface area contributed by atoms with Gasteiger partial charge in [-0.25, -0.2) is 4.79 Å². The fourth-order valence-corrected chi connectivity index (χ4v) is 2.17. The second-order valence-corrected chi connectivity index (χ2v) is 5.58. The van der Waals surface area contributed by atoms with Crippen molar-refractivity contribution in [2.45, 2.75) is 31.7 Å². The highest BCUT2D eigenvalue weighted by Crippen LogP contribution is 2.21. The zero-order valence-electron chi connectivity index (χ0n) is 10.6. The lowest BCUT2D eigenvalue weighted by atomic mass is 10.1. The summed E-state index contributed by atoms with van der Waals surface area (Å²) in [5.41, 5.74) is 1.34. The highest BCUT2D eigenvalue weighted by Gasteiger charge is 2.20. The van der Waals surface area contributed by atoms with Gasteiger partial charge in [0, 0.05) is 10.7 Å². The van der Waals surface area contributed by atoms with Gasteiger partial charge >= 0.3 is 6.09 Å². The van der Waals surface area contributed by atoms with Gasteiger partial charge in [-0.15, -0.1) is 0 Å². The molecule has 0 aliphatic heterocycles. The van der Waals surface area contributed by atoms with Crippen LogP contribution in [-0.2, 0) is 10.1 Å². The molecule has 1 aromatic heterocycles. The van der Waals surface area contributed by atoms with E-state index in [0.29, 0.717) is 0 Å². The number of alkyl halides is 1. The van der Waals surface area contributed by atoms with Gasteiger partial charge in [-0.1, -0.05) is 28.1 Å². The average Bonchev–Trinajstić information content (AvgIpc) is 2.69. The minimum Gasteiger partial charge on any atom is -0.442 e. The summed E-state index contributed by atoms with van der Waals surface area (Å²) in [5, 5.41) is 5.79. The van der Waals surface area contributed by atoms with Gasteiger partial charge in [0.2, 0.25) is 0 Å². The maximum atomic E-state index is 12.0. The Morgan fingerprint density at radius 3 is 2.78 bits per heavy atom. The summed E-state index contributed by atoms with van der Waals surface area (Å²) in [7, 11) is 0. The Bertz CT molecular complexity index is 584. The molecule has 18 heavy (non-hydrogen) atoms. The Kier molecular flexibility index (Phi) is 3.43. The molecule has 2 aromatic rings. The summed E-state index contributed by atoms with van der Waals surface area (Å²) < 4.78 is 6.61. The third-order valence-corrected chi connectivity index (χ3v) is 3.02. The third-order valence-electron chi connectivity index (χ3n) is 2.41. The second-order valence-electron chi connectivity index (χ2n) is 5.02. The fraction of sp³-hybridized carbons (Fsp3) is 0.385. The number of fused-ring (bicyclic) bond motifs is 1.